The van der Waals surface area contributed by atoms with Crippen molar-refractivity contribution in [1.29, 1.82) is 0 Å². The van der Waals surface area contributed by atoms with Gasteiger partial charge in [-0.1, -0.05) is 6.42 Å². The topological polar surface area (TPSA) is 40.5 Å². The first-order chi connectivity index (χ1) is 6.27. The number of aliphatic carboxylic acids is 1. The Kier molecular flexibility index (Phi) is 2.54. The monoisotopic (exact) mass is 183 g/mol. The van der Waals surface area contributed by atoms with Crippen LogP contribution in [0.5, 0.6) is 0 Å². The summed E-state index contributed by atoms with van der Waals surface area (Å²) in [7, 11) is 0. The lowest BCUT2D eigenvalue weighted by Crippen LogP contribution is -2.40. The maximum Gasteiger partial charge on any atom is 0.320 e. The van der Waals surface area contributed by atoms with Gasteiger partial charge in [-0.05, 0) is 38.1 Å². The predicted octanol–water partition coefficient (Wildman–Crippen LogP) is 1.34. The molecule has 1 atom stereocenters. The third-order valence-corrected chi connectivity index (χ3v) is 3.37. The van der Waals surface area contributed by atoms with Gasteiger partial charge in [0.05, 0.1) is 0 Å². The van der Waals surface area contributed by atoms with E-state index in [1.165, 1.54) is 19.3 Å². The molecule has 1 saturated carbocycles. The fourth-order valence-corrected chi connectivity index (χ4v) is 2.33. The van der Waals surface area contributed by atoms with E-state index in [0.29, 0.717) is 0 Å². The quantitative estimate of drug-likeness (QED) is 0.717. The van der Waals surface area contributed by atoms with Crippen molar-refractivity contribution in [3.63, 3.8) is 0 Å². The molecule has 0 aromatic carbocycles. The lowest BCUT2D eigenvalue weighted by atomic mass is 9.85. The molecule has 0 aromatic rings. The Morgan fingerprint density at radius 1 is 1.31 bits per heavy atom. The zero-order valence-electron chi connectivity index (χ0n) is 7.91. The molecule has 74 valence electrons. The van der Waals surface area contributed by atoms with Crippen LogP contribution in [0.15, 0.2) is 0 Å². The largest absolute Gasteiger partial charge is 0.480 e. The first kappa shape index (κ1) is 9.00. The molecule has 0 bridgehead atoms. The van der Waals surface area contributed by atoms with Gasteiger partial charge in [0.1, 0.15) is 6.04 Å². The van der Waals surface area contributed by atoms with Crippen molar-refractivity contribution >= 4 is 5.97 Å². The van der Waals surface area contributed by atoms with Gasteiger partial charge in [-0.3, -0.25) is 9.69 Å². The Balaban J connectivity index is 1.85. The van der Waals surface area contributed by atoms with Gasteiger partial charge in [-0.25, -0.2) is 0 Å². The number of hydrogen-bond donors (Lipinski definition) is 1. The van der Waals surface area contributed by atoms with Crippen molar-refractivity contribution in [2.75, 3.05) is 13.1 Å². The van der Waals surface area contributed by atoms with Crippen LogP contribution in [-0.4, -0.2) is 35.1 Å². The molecule has 1 N–H and O–H groups in total. The number of carbonyl (C=O) groups is 1. The first-order valence-electron chi connectivity index (χ1n) is 5.24. The van der Waals surface area contributed by atoms with E-state index in [2.05, 4.69) is 4.90 Å². The van der Waals surface area contributed by atoms with Crippen LogP contribution in [0.2, 0.25) is 0 Å². The Labute approximate surface area is 78.7 Å². The molecule has 2 aliphatic rings. The lowest BCUT2D eigenvalue weighted by molar-refractivity contribution is -0.142. The van der Waals surface area contributed by atoms with E-state index in [1.54, 1.807) is 0 Å². The van der Waals surface area contributed by atoms with Gasteiger partial charge in [0, 0.05) is 6.54 Å². The van der Waals surface area contributed by atoms with Gasteiger partial charge >= 0.3 is 5.97 Å². The first-order valence-corrected chi connectivity index (χ1v) is 5.24. The average molecular weight is 183 g/mol. The summed E-state index contributed by atoms with van der Waals surface area (Å²) in [5, 5.41) is 8.95. The molecule has 2 fully saturated rings. The minimum atomic E-state index is -0.628. The summed E-state index contributed by atoms with van der Waals surface area (Å²) in [4.78, 5) is 13.0. The third-order valence-electron chi connectivity index (χ3n) is 3.37. The molecule has 0 amide bonds. The normalized spacial score (nSPS) is 30.3. The molecule has 1 aliphatic carbocycles. The highest BCUT2D eigenvalue weighted by Gasteiger charge is 2.32. The van der Waals surface area contributed by atoms with Crippen LogP contribution in [0.1, 0.15) is 32.1 Å². The molecule has 13 heavy (non-hydrogen) atoms. The minimum absolute atomic E-state index is 0.180. The molecule has 1 saturated heterocycles. The highest BCUT2D eigenvalue weighted by atomic mass is 16.4. The highest BCUT2D eigenvalue weighted by Crippen LogP contribution is 2.29. The second-order valence-corrected chi connectivity index (χ2v) is 4.29. The van der Waals surface area contributed by atoms with Gasteiger partial charge in [0.2, 0.25) is 0 Å². The Morgan fingerprint density at radius 2 is 2.08 bits per heavy atom. The van der Waals surface area contributed by atoms with Crippen molar-refractivity contribution in [2.24, 2.45) is 5.92 Å². The van der Waals surface area contributed by atoms with Crippen LogP contribution >= 0.6 is 0 Å². The maximum absolute atomic E-state index is 10.9. The van der Waals surface area contributed by atoms with E-state index < -0.39 is 5.97 Å². The predicted molar refractivity (Wildman–Crippen MR) is 49.6 cm³/mol. The molecule has 0 spiro atoms. The minimum Gasteiger partial charge on any atom is -0.480 e. The van der Waals surface area contributed by atoms with E-state index in [1.807, 2.05) is 0 Å². The Morgan fingerprint density at radius 3 is 2.62 bits per heavy atom. The van der Waals surface area contributed by atoms with Crippen LogP contribution in [0.3, 0.4) is 0 Å². The summed E-state index contributed by atoms with van der Waals surface area (Å²) in [6.07, 6.45) is 5.87. The molecular formula is C10H17NO2. The summed E-state index contributed by atoms with van der Waals surface area (Å²) in [5.41, 5.74) is 0. The summed E-state index contributed by atoms with van der Waals surface area (Å²) in [6.45, 7) is 2.02. The molecule has 1 heterocycles. The molecule has 0 unspecified atom stereocenters. The van der Waals surface area contributed by atoms with E-state index in [9.17, 15) is 4.79 Å². The standard InChI is InChI=1S/C10H17NO2/c12-10(13)9-5-2-6-11(9)7-8-3-1-4-8/h8-9H,1-7H2,(H,12,13)/t9-/m1/s1. The highest BCUT2D eigenvalue weighted by molar-refractivity contribution is 5.73. The van der Waals surface area contributed by atoms with Crippen LogP contribution in [0.4, 0.5) is 0 Å². The van der Waals surface area contributed by atoms with Gasteiger partial charge in [0.25, 0.3) is 0 Å². The maximum atomic E-state index is 10.9. The average Bonchev–Trinajstić information content (AvgIpc) is 2.44. The van der Waals surface area contributed by atoms with E-state index in [0.717, 1.165) is 31.8 Å². The lowest BCUT2D eigenvalue weighted by Gasteiger charge is -2.31. The summed E-state index contributed by atoms with van der Waals surface area (Å²) < 4.78 is 0. The molecule has 3 heteroatoms. The van der Waals surface area contributed by atoms with Gasteiger partial charge in [0.15, 0.2) is 0 Å². The second kappa shape index (κ2) is 3.66. The number of hydrogen-bond acceptors (Lipinski definition) is 2. The SMILES string of the molecule is O=C(O)[C@H]1CCCN1CC1CCC1. The van der Waals surface area contributed by atoms with Crippen LogP contribution in [0.25, 0.3) is 0 Å². The van der Waals surface area contributed by atoms with Crippen molar-refractivity contribution < 1.29 is 9.90 Å². The van der Waals surface area contributed by atoms with Crippen molar-refractivity contribution in [2.45, 2.75) is 38.1 Å². The molecule has 1 aliphatic heterocycles. The van der Waals surface area contributed by atoms with Gasteiger partial charge in [-0.15, -0.1) is 0 Å². The van der Waals surface area contributed by atoms with Crippen molar-refractivity contribution in [1.82, 2.24) is 4.90 Å². The zero-order chi connectivity index (χ0) is 9.26. The summed E-state index contributed by atoms with van der Waals surface area (Å²) >= 11 is 0. The number of rotatable bonds is 3. The van der Waals surface area contributed by atoms with Crippen LogP contribution in [-0.2, 0) is 4.79 Å². The zero-order valence-corrected chi connectivity index (χ0v) is 7.91. The molecule has 0 aromatic heterocycles. The summed E-state index contributed by atoms with van der Waals surface area (Å²) in [5.74, 6) is 0.164. The third kappa shape index (κ3) is 1.85. The van der Waals surface area contributed by atoms with E-state index in [4.69, 9.17) is 5.11 Å². The van der Waals surface area contributed by atoms with Gasteiger partial charge < -0.3 is 5.11 Å². The van der Waals surface area contributed by atoms with Crippen molar-refractivity contribution in [3.8, 4) is 0 Å². The molecule has 2 rings (SSSR count). The van der Waals surface area contributed by atoms with E-state index >= 15 is 0 Å². The Bertz CT molecular complexity index is 201. The van der Waals surface area contributed by atoms with E-state index in [-0.39, 0.29) is 6.04 Å². The number of carboxylic acid groups (broad SMARTS) is 1. The number of nitrogens with zero attached hydrogens (tertiary/aromatic N) is 1. The molecular weight excluding hydrogens is 166 g/mol. The second-order valence-electron chi connectivity index (χ2n) is 4.29. The smallest absolute Gasteiger partial charge is 0.320 e. The van der Waals surface area contributed by atoms with Crippen LogP contribution < -0.4 is 0 Å². The summed E-state index contributed by atoms with van der Waals surface area (Å²) in [6, 6.07) is -0.180. The molecule has 3 nitrogen and oxygen atoms in total. The fourth-order valence-electron chi connectivity index (χ4n) is 2.33. The van der Waals surface area contributed by atoms with Crippen LogP contribution in [0, 0.1) is 5.92 Å². The number of carboxylic acids is 1. The van der Waals surface area contributed by atoms with Crippen molar-refractivity contribution in [3.05, 3.63) is 0 Å². The van der Waals surface area contributed by atoms with Gasteiger partial charge in [-0.2, -0.15) is 0 Å². The fraction of sp³-hybridized carbons (Fsp3) is 0.900. The molecule has 0 radical (unpaired) electrons. The Hall–Kier alpha value is -0.570. The number of likely N-dealkylation sites (tertiary alicyclic amines) is 1.